The molecular formula is C15H19N3O. The van der Waals surface area contributed by atoms with Crippen LogP contribution in [0.4, 0.5) is 5.69 Å². The molecule has 0 aliphatic heterocycles. The van der Waals surface area contributed by atoms with E-state index >= 15 is 0 Å². The fourth-order valence-corrected chi connectivity index (χ4v) is 1.91. The van der Waals surface area contributed by atoms with E-state index in [0.717, 1.165) is 23.5 Å². The smallest absolute Gasteiger partial charge is 0.213 e. The van der Waals surface area contributed by atoms with Crippen LogP contribution in [0, 0.1) is 0 Å². The van der Waals surface area contributed by atoms with Crippen molar-refractivity contribution in [2.45, 2.75) is 13.1 Å². The van der Waals surface area contributed by atoms with E-state index in [9.17, 15) is 0 Å². The van der Waals surface area contributed by atoms with Gasteiger partial charge in [-0.2, -0.15) is 0 Å². The van der Waals surface area contributed by atoms with Gasteiger partial charge in [0.1, 0.15) is 0 Å². The quantitative estimate of drug-likeness (QED) is 0.892. The van der Waals surface area contributed by atoms with E-state index in [0.29, 0.717) is 12.4 Å². The highest BCUT2D eigenvalue weighted by Crippen LogP contribution is 2.17. The Hall–Kier alpha value is -2.07. The van der Waals surface area contributed by atoms with Gasteiger partial charge in [-0.1, -0.05) is 18.2 Å². The maximum absolute atomic E-state index is 5.66. The van der Waals surface area contributed by atoms with Crippen molar-refractivity contribution in [1.82, 2.24) is 4.98 Å². The lowest BCUT2D eigenvalue weighted by atomic mass is 10.2. The minimum Gasteiger partial charge on any atom is -0.481 e. The first-order chi connectivity index (χ1) is 9.22. The van der Waals surface area contributed by atoms with E-state index in [-0.39, 0.29) is 0 Å². The zero-order chi connectivity index (χ0) is 13.7. The molecule has 1 heterocycles. The lowest BCUT2D eigenvalue weighted by Crippen LogP contribution is -2.17. The first-order valence-corrected chi connectivity index (χ1v) is 6.23. The van der Waals surface area contributed by atoms with E-state index in [1.165, 1.54) is 0 Å². The fraction of sp³-hybridized carbons (Fsp3) is 0.267. The molecule has 0 fully saturated rings. The first-order valence-electron chi connectivity index (χ1n) is 6.23. The maximum Gasteiger partial charge on any atom is 0.213 e. The van der Waals surface area contributed by atoms with E-state index in [4.69, 9.17) is 10.5 Å². The van der Waals surface area contributed by atoms with Crippen LogP contribution in [0.1, 0.15) is 11.3 Å². The molecule has 1 aromatic carbocycles. The van der Waals surface area contributed by atoms with Crippen molar-refractivity contribution in [3.8, 4) is 5.88 Å². The van der Waals surface area contributed by atoms with Gasteiger partial charge in [0.05, 0.1) is 19.3 Å². The molecule has 2 N–H and O–H groups in total. The Morgan fingerprint density at radius 3 is 2.74 bits per heavy atom. The van der Waals surface area contributed by atoms with Crippen molar-refractivity contribution in [2.24, 2.45) is 5.73 Å². The van der Waals surface area contributed by atoms with Gasteiger partial charge in [0.2, 0.25) is 5.88 Å². The minimum absolute atomic E-state index is 0.555. The zero-order valence-corrected chi connectivity index (χ0v) is 11.3. The zero-order valence-electron chi connectivity index (χ0n) is 11.3. The summed E-state index contributed by atoms with van der Waals surface area (Å²) in [5.41, 5.74) is 8.89. The van der Waals surface area contributed by atoms with Crippen molar-refractivity contribution in [2.75, 3.05) is 19.1 Å². The summed E-state index contributed by atoms with van der Waals surface area (Å²) in [7, 11) is 3.66. The molecule has 0 unspecified atom stereocenters. The SMILES string of the molecule is COc1cccc(CN(C)c2cccc(CN)c2)n1. The molecule has 19 heavy (non-hydrogen) atoms. The monoisotopic (exact) mass is 257 g/mol. The van der Waals surface area contributed by atoms with Gasteiger partial charge in [-0.3, -0.25) is 0 Å². The summed E-state index contributed by atoms with van der Waals surface area (Å²) in [5, 5.41) is 0. The molecule has 0 radical (unpaired) electrons. The van der Waals surface area contributed by atoms with Crippen LogP contribution >= 0.6 is 0 Å². The number of nitrogens with two attached hydrogens (primary N) is 1. The van der Waals surface area contributed by atoms with Gasteiger partial charge >= 0.3 is 0 Å². The Labute approximate surface area is 113 Å². The highest BCUT2D eigenvalue weighted by atomic mass is 16.5. The van der Waals surface area contributed by atoms with Crippen LogP contribution in [0.3, 0.4) is 0 Å². The average Bonchev–Trinajstić information content (AvgIpc) is 2.47. The van der Waals surface area contributed by atoms with E-state index in [1.54, 1.807) is 7.11 Å². The van der Waals surface area contributed by atoms with E-state index in [1.807, 2.05) is 37.4 Å². The van der Waals surface area contributed by atoms with Crippen LogP contribution in [0.15, 0.2) is 42.5 Å². The van der Waals surface area contributed by atoms with Crippen LogP contribution in [0.2, 0.25) is 0 Å². The molecule has 1 aromatic heterocycles. The molecule has 0 saturated heterocycles. The largest absolute Gasteiger partial charge is 0.481 e. The van der Waals surface area contributed by atoms with Crippen molar-refractivity contribution < 1.29 is 4.74 Å². The molecule has 2 aromatic rings. The van der Waals surface area contributed by atoms with Crippen LogP contribution in [-0.2, 0) is 13.1 Å². The number of anilines is 1. The number of hydrogen-bond acceptors (Lipinski definition) is 4. The van der Waals surface area contributed by atoms with Crippen LogP contribution < -0.4 is 15.4 Å². The predicted molar refractivity (Wildman–Crippen MR) is 77.2 cm³/mol. The first kappa shape index (κ1) is 13.4. The second-order valence-corrected chi connectivity index (χ2v) is 4.40. The van der Waals surface area contributed by atoms with E-state index < -0.39 is 0 Å². The molecule has 2 rings (SSSR count). The molecule has 4 nitrogen and oxygen atoms in total. The summed E-state index contributed by atoms with van der Waals surface area (Å²) < 4.78 is 5.13. The predicted octanol–water partition coefficient (Wildman–Crippen LogP) is 2.19. The van der Waals surface area contributed by atoms with Gasteiger partial charge in [-0.05, 0) is 23.8 Å². The van der Waals surface area contributed by atoms with Crippen molar-refractivity contribution in [1.29, 1.82) is 0 Å². The number of hydrogen-bond donors (Lipinski definition) is 1. The standard InChI is InChI=1S/C15H19N3O/c1-18(14-7-3-5-12(9-14)10-16)11-13-6-4-8-15(17-13)19-2/h3-9H,10-11,16H2,1-2H3. The molecule has 0 saturated carbocycles. The Morgan fingerprint density at radius 1 is 1.21 bits per heavy atom. The van der Waals surface area contributed by atoms with Crippen LogP contribution in [0.25, 0.3) is 0 Å². The number of rotatable bonds is 5. The molecule has 0 aliphatic carbocycles. The number of nitrogens with zero attached hydrogens (tertiary/aromatic N) is 2. The van der Waals surface area contributed by atoms with Gasteiger partial charge in [0, 0.05) is 25.3 Å². The van der Waals surface area contributed by atoms with Crippen molar-refractivity contribution in [3.05, 3.63) is 53.7 Å². The summed E-state index contributed by atoms with van der Waals surface area (Å²) in [5.74, 6) is 0.640. The molecule has 100 valence electrons. The third-order valence-corrected chi connectivity index (χ3v) is 2.98. The molecule has 0 spiro atoms. The molecule has 0 bridgehead atoms. The third-order valence-electron chi connectivity index (χ3n) is 2.98. The van der Waals surface area contributed by atoms with Crippen molar-refractivity contribution >= 4 is 5.69 Å². The fourth-order valence-electron chi connectivity index (χ4n) is 1.91. The number of ether oxygens (including phenoxy) is 1. The number of benzene rings is 1. The number of aromatic nitrogens is 1. The van der Waals surface area contributed by atoms with Gasteiger partial charge < -0.3 is 15.4 Å². The minimum atomic E-state index is 0.555. The second kappa shape index (κ2) is 6.20. The van der Waals surface area contributed by atoms with Crippen LogP contribution in [-0.4, -0.2) is 19.1 Å². The Balaban J connectivity index is 2.13. The summed E-state index contributed by atoms with van der Waals surface area (Å²) in [6, 6.07) is 14.0. The van der Waals surface area contributed by atoms with Gasteiger partial charge in [0.15, 0.2) is 0 Å². The average molecular weight is 257 g/mol. The summed E-state index contributed by atoms with van der Waals surface area (Å²) in [6.07, 6.45) is 0. The Bertz CT molecular complexity index is 542. The second-order valence-electron chi connectivity index (χ2n) is 4.40. The number of pyridine rings is 1. The highest BCUT2D eigenvalue weighted by molar-refractivity contribution is 5.48. The highest BCUT2D eigenvalue weighted by Gasteiger charge is 2.04. The third kappa shape index (κ3) is 3.45. The van der Waals surface area contributed by atoms with E-state index in [2.05, 4.69) is 22.0 Å². The lowest BCUT2D eigenvalue weighted by molar-refractivity contribution is 0.396. The molecule has 4 heteroatoms. The van der Waals surface area contributed by atoms with Gasteiger partial charge in [0.25, 0.3) is 0 Å². The topological polar surface area (TPSA) is 51.4 Å². The van der Waals surface area contributed by atoms with Crippen LogP contribution in [0.5, 0.6) is 5.88 Å². The summed E-state index contributed by atoms with van der Waals surface area (Å²) in [6.45, 7) is 1.28. The van der Waals surface area contributed by atoms with Crippen molar-refractivity contribution in [3.63, 3.8) is 0 Å². The Morgan fingerprint density at radius 2 is 2.00 bits per heavy atom. The molecule has 0 atom stereocenters. The summed E-state index contributed by atoms with van der Waals surface area (Å²) >= 11 is 0. The summed E-state index contributed by atoms with van der Waals surface area (Å²) in [4.78, 5) is 6.55. The number of methoxy groups -OCH3 is 1. The molecule has 0 aliphatic rings. The molecule has 0 amide bonds. The lowest BCUT2D eigenvalue weighted by Gasteiger charge is -2.19. The maximum atomic E-state index is 5.66. The Kier molecular flexibility index (Phi) is 4.36. The molecular weight excluding hydrogens is 238 g/mol. The van der Waals surface area contributed by atoms with Gasteiger partial charge in [-0.15, -0.1) is 0 Å². The van der Waals surface area contributed by atoms with Gasteiger partial charge in [-0.25, -0.2) is 4.98 Å². The normalized spacial score (nSPS) is 10.3.